The Kier molecular flexibility index (Phi) is 4.95. The van der Waals surface area contributed by atoms with Gasteiger partial charge in [-0.2, -0.15) is 10.1 Å². The van der Waals surface area contributed by atoms with Crippen LogP contribution < -0.4 is 4.90 Å². The third kappa shape index (κ3) is 3.90. The van der Waals surface area contributed by atoms with Crippen LogP contribution in [0.4, 0.5) is 5.95 Å². The molecule has 23 heavy (non-hydrogen) atoms. The summed E-state index contributed by atoms with van der Waals surface area (Å²) in [6.45, 7) is 6.26. The summed E-state index contributed by atoms with van der Waals surface area (Å²) in [4.78, 5) is 8.83. The molecule has 7 nitrogen and oxygen atoms in total. The van der Waals surface area contributed by atoms with E-state index in [-0.39, 0.29) is 0 Å². The zero-order valence-corrected chi connectivity index (χ0v) is 14.3. The molecule has 3 rings (SSSR count). The lowest BCUT2D eigenvalue weighted by Gasteiger charge is -2.29. The first-order valence-electron chi connectivity index (χ1n) is 8.40. The Labute approximate surface area is 137 Å². The summed E-state index contributed by atoms with van der Waals surface area (Å²) in [5, 5.41) is 8.42. The molecule has 0 radical (unpaired) electrons. The van der Waals surface area contributed by atoms with Crippen LogP contribution in [0.5, 0.6) is 0 Å². The highest BCUT2D eigenvalue weighted by Crippen LogP contribution is 2.28. The van der Waals surface area contributed by atoms with E-state index in [2.05, 4.69) is 33.3 Å². The van der Waals surface area contributed by atoms with Crippen molar-refractivity contribution in [3.63, 3.8) is 0 Å². The van der Waals surface area contributed by atoms with Gasteiger partial charge in [-0.15, -0.1) is 0 Å². The van der Waals surface area contributed by atoms with E-state index in [0.717, 1.165) is 51.3 Å². The minimum absolute atomic E-state index is 0.385. The van der Waals surface area contributed by atoms with E-state index in [0.29, 0.717) is 11.9 Å². The smallest absolute Gasteiger partial charge is 0.265 e. The van der Waals surface area contributed by atoms with Crippen LogP contribution in [0.25, 0.3) is 0 Å². The predicted octanol–water partition coefficient (Wildman–Crippen LogP) is 2.12. The summed E-state index contributed by atoms with van der Waals surface area (Å²) in [7, 11) is 3.85. The maximum Gasteiger partial charge on any atom is 0.265 e. The number of hydrogen-bond donors (Lipinski definition) is 0. The van der Waals surface area contributed by atoms with Gasteiger partial charge in [0.2, 0.25) is 5.89 Å². The van der Waals surface area contributed by atoms with Gasteiger partial charge >= 0.3 is 0 Å². The molecule has 0 spiro atoms. The van der Waals surface area contributed by atoms with Crippen molar-refractivity contribution in [1.29, 1.82) is 0 Å². The molecule has 0 aromatic carbocycles. The van der Waals surface area contributed by atoms with Crippen LogP contribution in [-0.4, -0.2) is 52.0 Å². The van der Waals surface area contributed by atoms with Gasteiger partial charge < -0.3 is 9.42 Å². The lowest BCUT2D eigenvalue weighted by molar-refractivity contribution is 0.187. The summed E-state index contributed by atoms with van der Waals surface area (Å²) in [6.07, 6.45) is 7.40. The fraction of sp³-hybridized carbons (Fsp3) is 0.688. The number of likely N-dealkylation sites (tertiary alicyclic amines) is 1. The van der Waals surface area contributed by atoms with Crippen LogP contribution in [0.15, 0.2) is 16.9 Å². The monoisotopic (exact) mass is 318 g/mol. The van der Waals surface area contributed by atoms with Crippen LogP contribution in [0.1, 0.15) is 43.6 Å². The highest BCUT2D eigenvalue weighted by molar-refractivity contribution is 5.24. The molecule has 0 unspecified atom stereocenters. The fourth-order valence-corrected chi connectivity index (χ4v) is 3.01. The Morgan fingerprint density at radius 3 is 2.74 bits per heavy atom. The number of aromatic nitrogens is 4. The zero-order valence-electron chi connectivity index (χ0n) is 14.3. The summed E-state index contributed by atoms with van der Waals surface area (Å²) in [5.74, 6) is 1.82. The second kappa shape index (κ2) is 7.12. The molecule has 3 heterocycles. The molecular formula is C16H26N6O. The lowest BCUT2D eigenvalue weighted by Crippen LogP contribution is -2.32. The molecule has 0 aliphatic carbocycles. The molecule has 0 amide bonds. The van der Waals surface area contributed by atoms with Crippen molar-refractivity contribution in [2.45, 2.75) is 45.2 Å². The Balaban J connectivity index is 1.51. The highest BCUT2D eigenvalue weighted by Gasteiger charge is 2.25. The number of rotatable bonds is 6. The van der Waals surface area contributed by atoms with Crippen molar-refractivity contribution in [2.75, 3.05) is 32.1 Å². The van der Waals surface area contributed by atoms with Gasteiger partial charge in [-0.3, -0.25) is 9.58 Å². The van der Waals surface area contributed by atoms with Crippen LogP contribution >= 0.6 is 0 Å². The number of hydrogen-bond acceptors (Lipinski definition) is 6. The van der Waals surface area contributed by atoms with Gasteiger partial charge in [-0.05, 0) is 37.5 Å². The Hall–Kier alpha value is -1.89. The Morgan fingerprint density at radius 2 is 2.09 bits per heavy atom. The first-order chi connectivity index (χ1) is 11.2. The first kappa shape index (κ1) is 16.0. The topological polar surface area (TPSA) is 63.2 Å². The van der Waals surface area contributed by atoms with Gasteiger partial charge in [0.25, 0.3) is 5.95 Å². The summed E-state index contributed by atoms with van der Waals surface area (Å²) in [6, 6.07) is 0. The van der Waals surface area contributed by atoms with E-state index >= 15 is 0 Å². The maximum atomic E-state index is 5.41. The Bertz CT molecular complexity index is 612. The van der Waals surface area contributed by atoms with E-state index in [1.54, 1.807) is 0 Å². The second-order valence-corrected chi connectivity index (χ2v) is 6.49. The molecule has 1 aliphatic rings. The average Bonchev–Trinajstić information content (AvgIpc) is 3.18. The van der Waals surface area contributed by atoms with Gasteiger partial charge in [-0.1, -0.05) is 6.92 Å². The van der Waals surface area contributed by atoms with Crippen molar-refractivity contribution in [1.82, 2.24) is 24.8 Å². The standard InChI is InChI=1S/C16H26N6O/c1-4-7-22-12-13(10-17-22)11-21-8-5-14(6-9-21)15-18-16(19-23-15)20(2)3/h10,12,14H,4-9,11H2,1-3H3. The minimum Gasteiger partial charge on any atom is -0.344 e. The second-order valence-electron chi connectivity index (χ2n) is 6.49. The first-order valence-corrected chi connectivity index (χ1v) is 8.40. The van der Waals surface area contributed by atoms with Crippen LogP contribution in [0.3, 0.4) is 0 Å². The van der Waals surface area contributed by atoms with E-state index < -0.39 is 0 Å². The summed E-state index contributed by atoms with van der Waals surface area (Å²) >= 11 is 0. The van der Waals surface area contributed by atoms with E-state index in [4.69, 9.17) is 4.52 Å². The molecule has 0 N–H and O–H groups in total. The molecule has 7 heteroatoms. The normalized spacial score (nSPS) is 16.8. The number of nitrogens with zero attached hydrogens (tertiary/aromatic N) is 6. The minimum atomic E-state index is 0.385. The number of aryl methyl sites for hydroxylation is 1. The lowest BCUT2D eigenvalue weighted by atomic mass is 9.96. The van der Waals surface area contributed by atoms with Crippen LogP contribution in [-0.2, 0) is 13.1 Å². The molecule has 2 aromatic rings. The molecule has 1 saturated heterocycles. The van der Waals surface area contributed by atoms with E-state index in [1.165, 1.54) is 5.56 Å². The van der Waals surface area contributed by atoms with Crippen LogP contribution in [0.2, 0.25) is 0 Å². The molecule has 1 aliphatic heterocycles. The Morgan fingerprint density at radius 1 is 1.30 bits per heavy atom. The largest absolute Gasteiger partial charge is 0.344 e. The molecule has 0 saturated carbocycles. The van der Waals surface area contributed by atoms with Crippen molar-refractivity contribution < 1.29 is 4.52 Å². The highest BCUT2D eigenvalue weighted by atomic mass is 16.5. The molecule has 0 atom stereocenters. The third-order valence-corrected chi connectivity index (χ3v) is 4.31. The third-order valence-electron chi connectivity index (χ3n) is 4.31. The molecule has 1 fully saturated rings. The maximum absolute atomic E-state index is 5.41. The van der Waals surface area contributed by atoms with Gasteiger partial charge in [0, 0.05) is 44.9 Å². The van der Waals surface area contributed by atoms with Gasteiger partial charge in [0.15, 0.2) is 0 Å². The molecule has 0 bridgehead atoms. The SMILES string of the molecule is CCCn1cc(CN2CCC(c3nc(N(C)C)no3)CC2)cn1. The number of piperidine rings is 1. The zero-order chi connectivity index (χ0) is 16.2. The predicted molar refractivity (Wildman–Crippen MR) is 88.4 cm³/mol. The van der Waals surface area contributed by atoms with Crippen molar-refractivity contribution in [3.05, 3.63) is 23.8 Å². The van der Waals surface area contributed by atoms with Gasteiger partial charge in [0.05, 0.1) is 6.20 Å². The van der Waals surface area contributed by atoms with Crippen molar-refractivity contribution >= 4 is 5.95 Å². The average molecular weight is 318 g/mol. The van der Waals surface area contributed by atoms with Crippen molar-refractivity contribution in [2.24, 2.45) is 0 Å². The van der Waals surface area contributed by atoms with E-state index in [1.807, 2.05) is 29.9 Å². The fourth-order valence-electron chi connectivity index (χ4n) is 3.01. The number of anilines is 1. The van der Waals surface area contributed by atoms with Gasteiger partial charge in [-0.25, -0.2) is 0 Å². The quantitative estimate of drug-likeness (QED) is 0.813. The van der Waals surface area contributed by atoms with Crippen molar-refractivity contribution in [3.8, 4) is 0 Å². The van der Waals surface area contributed by atoms with E-state index in [9.17, 15) is 0 Å². The van der Waals surface area contributed by atoms with Crippen LogP contribution in [0, 0.1) is 0 Å². The summed E-state index contributed by atoms with van der Waals surface area (Å²) in [5.41, 5.74) is 1.30. The summed E-state index contributed by atoms with van der Waals surface area (Å²) < 4.78 is 7.45. The van der Waals surface area contributed by atoms with Gasteiger partial charge in [0.1, 0.15) is 0 Å². The molecule has 2 aromatic heterocycles. The molecule has 126 valence electrons. The molecular weight excluding hydrogens is 292 g/mol.